The number of halogens is 1. The van der Waals surface area contributed by atoms with Gasteiger partial charge in [0.2, 0.25) is 0 Å². The molecular formula is C60H112ClNO. The Labute approximate surface area is 403 Å². The van der Waals surface area contributed by atoms with Crippen LogP contribution in [0.4, 0.5) is 0 Å². The molecule has 0 aromatic carbocycles. The largest absolute Gasteiger partial charge is 1.00 e. The Morgan fingerprint density at radius 2 is 0.603 bits per heavy atom. The normalized spacial score (nSPS) is 13.4. The van der Waals surface area contributed by atoms with Crippen LogP contribution in [-0.4, -0.2) is 43.4 Å². The van der Waals surface area contributed by atoms with Gasteiger partial charge in [0, 0.05) is 5.41 Å². The lowest BCUT2D eigenvalue weighted by molar-refractivity contribution is -0.878. The van der Waals surface area contributed by atoms with Crippen LogP contribution in [0.15, 0.2) is 72.9 Å². The Morgan fingerprint density at radius 3 is 0.889 bits per heavy atom. The molecule has 1 unspecified atom stereocenters. The van der Waals surface area contributed by atoms with Gasteiger partial charge in [-0.15, -0.1) is 0 Å². The first kappa shape index (κ1) is 63.7. The molecule has 1 atom stereocenters. The van der Waals surface area contributed by atoms with Crippen LogP contribution < -0.4 is 12.4 Å². The van der Waals surface area contributed by atoms with Crippen LogP contribution in [0.5, 0.6) is 0 Å². The zero-order valence-electron chi connectivity index (χ0n) is 43.6. The molecule has 0 aliphatic carbocycles. The fourth-order valence-corrected chi connectivity index (χ4v) is 9.23. The molecule has 0 spiro atoms. The number of hydrogen-bond acceptors (Lipinski definition) is 1. The van der Waals surface area contributed by atoms with Gasteiger partial charge in [-0.25, -0.2) is 0 Å². The molecule has 0 aromatic rings. The van der Waals surface area contributed by atoms with Gasteiger partial charge in [-0.05, 0) is 116 Å². The minimum Gasteiger partial charge on any atom is -1.00 e. The molecule has 0 amide bonds. The maximum Gasteiger partial charge on any atom is 0.0862 e. The fraction of sp³-hybridized carbons (Fsp3) is 0.800. The van der Waals surface area contributed by atoms with Gasteiger partial charge >= 0.3 is 0 Å². The lowest BCUT2D eigenvalue weighted by atomic mass is 9.71. The van der Waals surface area contributed by atoms with Crippen molar-refractivity contribution in [1.29, 1.82) is 0 Å². The third kappa shape index (κ3) is 47.0. The molecule has 0 bridgehead atoms. The highest BCUT2D eigenvalue weighted by Crippen LogP contribution is 2.39. The van der Waals surface area contributed by atoms with Crippen molar-refractivity contribution < 1.29 is 22.0 Å². The molecule has 370 valence electrons. The second-order valence-electron chi connectivity index (χ2n) is 20.4. The molecule has 0 saturated heterocycles. The zero-order valence-corrected chi connectivity index (χ0v) is 44.3. The maximum absolute atomic E-state index is 12.1. The van der Waals surface area contributed by atoms with Crippen molar-refractivity contribution in [3.8, 4) is 0 Å². The third-order valence-corrected chi connectivity index (χ3v) is 12.9. The lowest BCUT2D eigenvalue weighted by Crippen LogP contribution is -3.00. The first-order valence-electron chi connectivity index (χ1n) is 27.7. The predicted octanol–water partition coefficient (Wildman–Crippen LogP) is 16.7. The Hall–Kier alpha value is -1.35. The number of quaternary nitrogens is 1. The van der Waals surface area contributed by atoms with Gasteiger partial charge in [-0.1, -0.05) is 229 Å². The number of rotatable bonds is 48. The van der Waals surface area contributed by atoms with Crippen LogP contribution >= 0.6 is 0 Å². The summed E-state index contributed by atoms with van der Waals surface area (Å²) < 4.78 is 0.949. The summed E-state index contributed by atoms with van der Waals surface area (Å²) in [7, 11) is 7.08. The van der Waals surface area contributed by atoms with E-state index in [1.807, 2.05) is 0 Å². The van der Waals surface area contributed by atoms with Crippen molar-refractivity contribution >= 4 is 0 Å². The molecule has 0 fully saturated rings. The second-order valence-corrected chi connectivity index (χ2v) is 20.4. The molecule has 63 heavy (non-hydrogen) atoms. The van der Waals surface area contributed by atoms with E-state index in [9.17, 15) is 5.11 Å². The predicted molar refractivity (Wildman–Crippen MR) is 283 cm³/mol. The highest BCUT2D eigenvalue weighted by Gasteiger charge is 2.41. The van der Waals surface area contributed by atoms with Crippen molar-refractivity contribution in [2.75, 3.05) is 27.7 Å². The summed E-state index contributed by atoms with van der Waals surface area (Å²) in [6.07, 6.45) is 77.9. The standard InChI is InChI=1S/C60H112NO.ClH/c1-7-10-13-16-19-22-25-28-31-34-37-40-43-46-49-52-55-59(62)60(58-61(4,5)6,56-53-50-47-44-41-38-35-32-29-26-23-20-17-14-11-8-2)57-54-51-48-45-42-39-36-33-30-27-24-21-18-15-12-9-3;/h19-24,28-33,59,62H,7-18,25-27,34-58H2,1-6H3;1H/q+1;/p-1/b22-19?,23-20-,24-21-,31-28?,32-29-,33-30-;. The quantitative estimate of drug-likeness (QED) is 0.0367. The number of unbranched alkanes of at least 4 members (excludes halogenated alkanes) is 27. The summed E-state index contributed by atoms with van der Waals surface area (Å²) in [5.41, 5.74) is 0.0414. The number of aliphatic hydroxyl groups excluding tert-OH is 1. The molecule has 0 saturated carbocycles. The minimum atomic E-state index is -0.179. The average Bonchev–Trinajstić information content (AvgIpc) is 3.25. The van der Waals surface area contributed by atoms with Gasteiger partial charge in [0.05, 0.1) is 33.8 Å². The number of aliphatic hydroxyl groups is 1. The Balaban J connectivity index is 0. The molecule has 2 nitrogen and oxygen atoms in total. The summed E-state index contributed by atoms with van der Waals surface area (Å²) in [5, 5.41) is 12.1. The molecule has 0 aliphatic rings. The molecule has 3 heteroatoms. The summed E-state index contributed by atoms with van der Waals surface area (Å²) >= 11 is 0. The first-order chi connectivity index (χ1) is 30.3. The maximum atomic E-state index is 12.1. The van der Waals surface area contributed by atoms with E-state index in [-0.39, 0.29) is 23.9 Å². The van der Waals surface area contributed by atoms with Gasteiger partial charge in [-0.2, -0.15) is 0 Å². The van der Waals surface area contributed by atoms with Crippen molar-refractivity contribution in [3.05, 3.63) is 72.9 Å². The zero-order chi connectivity index (χ0) is 45.3. The van der Waals surface area contributed by atoms with Crippen LogP contribution in [0.2, 0.25) is 0 Å². The van der Waals surface area contributed by atoms with Gasteiger partial charge in [-0.3, -0.25) is 0 Å². The monoisotopic (exact) mass is 898 g/mol. The molecule has 0 heterocycles. The molecule has 0 radical (unpaired) electrons. The number of nitrogens with zero attached hydrogens (tertiary/aromatic N) is 1. The summed E-state index contributed by atoms with van der Waals surface area (Å²) in [4.78, 5) is 0. The lowest BCUT2D eigenvalue weighted by Gasteiger charge is -2.43. The number of allylic oxidation sites excluding steroid dienone is 12. The Kier molecular flexibility index (Phi) is 50.7. The highest BCUT2D eigenvalue weighted by atomic mass is 35.5. The van der Waals surface area contributed by atoms with E-state index in [1.165, 1.54) is 225 Å². The minimum absolute atomic E-state index is 0. The van der Waals surface area contributed by atoms with Crippen LogP contribution in [0.1, 0.15) is 271 Å². The highest BCUT2D eigenvalue weighted by molar-refractivity contribution is 4.94. The van der Waals surface area contributed by atoms with Gasteiger partial charge < -0.3 is 22.0 Å². The molecule has 1 N–H and O–H groups in total. The van der Waals surface area contributed by atoms with Gasteiger partial charge in [0.1, 0.15) is 0 Å². The SMILES string of the molecule is CCCCCC=CCC=CCCCCCCCCC(O)C(CCCCCCCC/C=C\C/C=C\CCCCC)(CCCCCCCC/C=C\C/C=C\CCCCC)C[N+](C)(C)C.[Cl-]. The molecule has 0 aliphatic heterocycles. The van der Waals surface area contributed by atoms with E-state index in [0.717, 1.165) is 36.7 Å². The van der Waals surface area contributed by atoms with E-state index in [0.29, 0.717) is 0 Å². The fourth-order valence-electron chi connectivity index (χ4n) is 9.23. The second kappa shape index (κ2) is 50.1. The summed E-state index contributed by atoms with van der Waals surface area (Å²) in [5.74, 6) is 0. The first-order valence-corrected chi connectivity index (χ1v) is 27.7. The topological polar surface area (TPSA) is 20.2 Å². The van der Waals surface area contributed by atoms with Gasteiger partial charge in [0.25, 0.3) is 0 Å². The van der Waals surface area contributed by atoms with Crippen LogP contribution in [0, 0.1) is 5.41 Å². The van der Waals surface area contributed by atoms with Crippen molar-refractivity contribution in [2.45, 2.75) is 277 Å². The smallest absolute Gasteiger partial charge is 0.0862 e. The summed E-state index contributed by atoms with van der Waals surface area (Å²) in [6, 6.07) is 0. The van der Waals surface area contributed by atoms with E-state index >= 15 is 0 Å². The average molecular weight is 899 g/mol. The number of hydrogen-bond donors (Lipinski definition) is 1. The Morgan fingerprint density at radius 1 is 0.349 bits per heavy atom. The molecule has 0 rings (SSSR count). The Bertz CT molecular complexity index is 1030. The third-order valence-electron chi connectivity index (χ3n) is 12.9. The van der Waals surface area contributed by atoms with E-state index in [1.54, 1.807) is 0 Å². The van der Waals surface area contributed by atoms with Crippen molar-refractivity contribution in [1.82, 2.24) is 0 Å². The van der Waals surface area contributed by atoms with E-state index in [2.05, 4.69) is 115 Å². The van der Waals surface area contributed by atoms with E-state index < -0.39 is 0 Å². The van der Waals surface area contributed by atoms with Crippen molar-refractivity contribution in [2.24, 2.45) is 5.41 Å². The molecular weight excluding hydrogens is 786 g/mol. The summed E-state index contributed by atoms with van der Waals surface area (Å²) in [6.45, 7) is 7.92. The van der Waals surface area contributed by atoms with E-state index in [4.69, 9.17) is 0 Å². The van der Waals surface area contributed by atoms with Crippen LogP contribution in [0.3, 0.4) is 0 Å². The van der Waals surface area contributed by atoms with Crippen molar-refractivity contribution in [3.63, 3.8) is 0 Å². The van der Waals surface area contributed by atoms with Gasteiger partial charge in [0.15, 0.2) is 0 Å². The van der Waals surface area contributed by atoms with Crippen LogP contribution in [-0.2, 0) is 0 Å². The molecule has 0 aromatic heterocycles. The van der Waals surface area contributed by atoms with Crippen LogP contribution in [0.25, 0.3) is 0 Å².